The van der Waals surface area contributed by atoms with Crippen molar-refractivity contribution in [3.8, 4) is 0 Å². The van der Waals surface area contributed by atoms with Gasteiger partial charge in [-0.1, -0.05) is 57.6 Å². The Kier molecular flexibility index (Phi) is 6.19. The lowest BCUT2D eigenvalue weighted by Gasteiger charge is -2.12. The molecule has 1 unspecified atom stereocenters. The minimum Gasteiger partial charge on any atom is -0.388 e. The van der Waals surface area contributed by atoms with Crippen molar-refractivity contribution < 1.29 is 5.11 Å². The normalized spacial score (nSPS) is 12.7. The molecule has 114 valence electrons. The average molecular weight is 285 g/mol. The van der Waals surface area contributed by atoms with Gasteiger partial charge in [0.05, 0.1) is 11.6 Å². The molecule has 0 aliphatic rings. The Morgan fingerprint density at radius 3 is 2.57 bits per heavy atom. The van der Waals surface area contributed by atoms with E-state index >= 15 is 0 Å². The highest BCUT2D eigenvalue weighted by Crippen LogP contribution is 2.23. The number of rotatable bonds is 8. The highest BCUT2D eigenvalue weighted by molar-refractivity contribution is 5.79. The topological polar surface area (TPSA) is 33.1 Å². The summed E-state index contributed by atoms with van der Waals surface area (Å²) in [6, 6.07) is 10.2. The maximum absolute atomic E-state index is 10.3. The zero-order valence-corrected chi connectivity index (χ0v) is 13.3. The standard InChI is InChI=1S/C19H27NO/c1-3-4-5-6-7-8-9-19(21)17-12-13-18-16(14-17)11-10-15(2)20-18/h10-14,19,21H,3-9H2,1-2H3. The van der Waals surface area contributed by atoms with Crippen LogP contribution in [0.25, 0.3) is 10.9 Å². The third kappa shape index (κ3) is 4.82. The number of aromatic nitrogens is 1. The lowest BCUT2D eigenvalue weighted by molar-refractivity contribution is 0.163. The summed E-state index contributed by atoms with van der Waals surface area (Å²) in [7, 11) is 0. The minimum absolute atomic E-state index is 0.345. The molecule has 2 aromatic rings. The van der Waals surface area contributed by atoms with E-state index in [1.165, 1.54) is 32.1 Å². The van der Waals surface area contributed by atoms with Crippen LogP contribution in [0.2, 0.25) is 0 Å². The lowest BCUT2D eigenvalue weighted by atomic mass is 10.0. The Hall–Kier alpha value is -1.41. The van der Waals surface area contributed by atoms with Crippen LogP contribution in [-0.2, 0) is 0 Å². The van der Waals surface area contributed by atoms with Gasteiger partial charge in [0.15, 0.2) is 0 Å². The van der Waals surface area contributed by atoms with Crippen LogP contribution >= 0.6 is 0 Å². The zero-order chi connectivity index (χ0) is 15.1. The molecule has 2 nitrogen and oxygen atoms in total. The second-order valence-electron chi connectivity index (χ2n) is 5.98. The number of fused-ring (bicyclic) bond motifs is 1. The third-order valence-corrected chi connectivity index (χ3v) is 4.07. The number of hydrogen-bond acceptors (Lipinski definition) is 2. The molecule has 1 aromatic carbocycles. The molecule has 0 bridgehead atoms. The monoisotopic (exact) mass is 285 g/mol. The Morgan fingerprint density at radius 2 is 1.76 bits per heavy atom. The number of aliphatic hydroxyl groups excluding tert-OH is 1. The van der Waals surface area contributed by atoms with Crippen LogP contribution in [0.15, 0.2) is 30.3 Å². The van der Waals surface area contributed by atoms with Crippen molar-refractivity contribution in [1.29, 1.82) is 0 Å². The molecule has 0 spiro atoms. The van der Waals surface area contributed by atoms with E-state index in [1.54, 1.807) is 0 Å². The van der Waals surface area contributed by atoms with E-state index < -0.39 is 0 Å². The smallest absolute Gasteiger partial charge is 0.0790 e. The predicted molar refractivity (Wildman–Crippen MR) is 89.4 cm³/mol. The molecule has 21 heavy (non-hydrogen) atoms. The van der Waals surface area contributed by atoms with E-state index in [1.807, 2.05) is 25.1 Å². The van der Waals surface area contributed by atoms with Crippen molar-refractivity contribution in [3.05, 3.63) is 41.6 Å². The summed E-state index contributed by atoms with van der Waals surface area (Å²) in [5.41, 5.74) is 3.05. The summed E-state index contributed by atoms with van der Waals surface area (Å²) >= 11 is 0. The number of benzene rings is 1. The van der Waals surface area contributed by atoms with Crippen LogP contribution in [0.5, 0.6) is 0 Å². The van der Waals surface area contributed by atoms with E-state index in [9.17, 15) is 5.11 Å². The van der Waals surface area contributed by atoms with Gasteiger partial charge in [-0.15, -0.1) is 0 Å². The van der Waals surface area contributed by atoms with Gasteiger partial charge in [0.1, 0.15) is 0 Å². The number of aliphatic hydroxyl groups is 1. The molecule has 1 N–H and O–H groups in total. The molecule has 2 heteroatoms. The SMILES string of the molecule is CCCCCCCCC(O)c1ccc2nc(C)ccc2c1. The van der Waals surface area contributed by atoms with Gasteiger partial charge in [-0.2, -0.15) is 0 Å². The fourth-order valence-electron chi connectivity index (χ4n) is 2.74. The van der Waals surface area contributed by atoms with E-state index in [4.69, 9.17) is 0 Å². The summed E-state index contributed by atoms with van der Waals surface area (Å²) in [6.45, 7) is 4.24. The van der Waals surface area contributed by atoms with Gasteiger partial charge in [-0.05, 0) is 37.1 Å². The van der Waals surface area contributed by atoms with Crippen LogP contribution in [0.4, 0.5) is 0 Å². The number of unbranched alkanes of at least 4 members (excludes halogenated alkanes) is 5. The van der Waals surface area contributed by atoms with Crippen molar-refractivity contribution in [2.45, 2.75) is 64.9 Å². The van der Waals surface area contributed by atoms with Gasteiger partial charge in [0, 0.05) is 11.1 Å². The Labute approximate surface area is 128 Å². The number of pyridine rings is 1. The van der Waals surface area contributed by atoms with Gasteiger partial charge >= 0.3 is 0 Å². The van der Waals surface area contributed by atoms with Crippen LogP contribution < -0.4 is 0 Å². The average Bonchev–Trinajstić information content (AvgIpc) is 2.50. The Bertz CT molecular complexity index is 564. The van der Waals surface area contributed by atoms with Crippen LogP contribution in [0.1, 0.15) is 69.2 Å². The first-order valence-electron chi connectivity index (χ1n) is 8.26. The minimum atomic E-state index is -0.345. The molecule has 0 saturated heterocycles. The molecule has 1 atom stereocenters. The van der Waals surface area contributed by atoms with Crippen LogP contribution in [-0.4, -0.2) is 10.1 Å². The Morgan fingerprint density at radius 1 is 1.00 bits per heavy atom. The van der Waals surface area contributed by atoms with E-state index in [0.717, 1.165) is 35.0 Å². The first-order chi connectivity index (χ1) is 10.2. The highest BCUT2D eigenvalue weighted by Gasteiger charge is 2.08. The van der Waals surface area contributed by atoms with E-state index in [0.29, 0.717) is 0 Å². The van der Waals surface area contributed by atoms with Gasteiger partial charge < -0.3 is 5.11 Å². The Balaban J connectivity index is 1.87. The maximum atomic E-state index is 10.3. The van der Waals surface area contributed by atoms with Crippen molar-refractivity contribution >= 4 is 10.9 Å². The van der Waals surface area contributed by atoms with Crippen molar-refractivity contribution in [3.63, 3.8) is 0 Å². The highest BCUT2D eigenvalue weighted by atomic mass is 16.3. The van der Waals surface area contributed by atoms with Crippen molar-refractivity contribution in [2.75, 3.05) is 0 Å². The van der Waals surface area contributed by atoms with Crippen molar-refractivity contribution in [2.24, 2.45) is 0 Å². The zero-order valence-electron chi connectivity index (χ0n) is 13.3. The van der Waals surface area contributed by atoms with Crippen LogP contribution in [0.3, 0.4) is 0 Å². The van der Waals surface area contributed by atoms with Gasteiger partial charge in [-0.25, -0.2) is 0 Å². The number of nitrogens with zero attached hydrogens (tertiary/aromatic N) is 1. The number of aryl methyl sites for hydroxylation is 1. The maximum Gasteiger partial charge on any atom is 0.0790 e. The summed E-state index contributed by atoms with van der Waals surface area (Å²) in [5.74, 6) is 0. The summed E-state index contributed by atoms with van der Waals surface area (Å²) in [5, 5.41) is 11.4. The fraction of sp³-hybridized carbons (Fsp3) is 0.526. The van der Waals surface area contributed by atoms with Gasteiger partial charge in [0.2, 0.25) is 0 Å². The molecule has 0 fully saturated rings. The molecule has 0 aliphatic carbocycles. The van der Waals surface area contributed by atoms with Gasteiger partial charge in [-0.3, -0.25) is 4.98 Å². The van der Waals surface area contributed by atoms with Gasteiger partial charge in [0.25, 0.3) is 0 Å². The first-order valence-corrected chi connectivity index (χ1v) is 8.26. The molecular formula is C19H27NO. The molecule has 0 aliphatic heterocycles. The number of hydrogen-bond donors (Lipinski definition) is 1. The first kappa shape index (κ1) is 16.0. The summed E-state index contributed by atoms with van der Waals surface area (Å²) in [4.78, 5) is 4.50. The molecular weight excluding hydrogens is 258 g/mol. The van der Waals surface area contributed by atoms with E-state index in [-0.39, 0.29) is 6.10 Å². The second-order valence-corrected chi connectivity index (χ2v) is 5.98. The molecule has 0 saturated carbocycles. The third-order valence-electron chi connectivity index (χ3n) is 4.07. The molecule has 0 amide bonds. The molecule has 2 rings (SSSR count). The second kappa shape index (κ2) is 8.14. The molecule has 0 radical (unpaired) electrons. The summed E-state index contributed by atoms with van der Waals surface area (Å²) in [6.07, 6.45) is 8.08. The van der Waals surface area contributed by atoms with Crippen LogP contribution in [0, 0.1) is 6.92 Å². The lowest BCUT2D eigenvalue weighted by Crippen LogP contribution is -1.98. The van der Waals surface area contributed by atoms with E-state index in [2.05, 4.69) is 24.0 Å². The summed E-state index contributed by atoms with van der Waals surface area (Å²) < 4.78 is 0. The van der Waals surface area contributed by atoms with Crippen molar-refractivity contribution in [1.82, 2.24) is 4.98 Å². The fourth-order valence-corrected chi connectivity index (χ4v) is 2.74. The molecule has 1 heterocycles. The largest absolute Gasteiger partial charge is 0.388 e. The quantitative estimate of drug-likeness (QED) is 0.665. The predicted octanol–water partition coefficient (Wildman–Crippen LogP) is 5.33. The molecule has 1 aromatic heterocycles.